The van der Waals surface area contributed by atoms with Gasteiger partial charge in [0.05, 0.1) is 17.7 Å². The Bertz CT molecular complexity index is 1230. The maximum absolute atomic E-state index is 13.3. The number of amides is 1. The van der Waals surface area contributed by atoms with Crippen LogP contribution in [0.2, 0.25) is 5.02 Å². The molecule has 0 aromatic heterocycles. The molecule has 0 saturated carbocycles. The average Bonchev–Trinajstić information content (AvgIpc) is 2.75. The highest BCUT2D eigenvalue weighted by molar-refractivity contribution is 7.89. The summed E-state index contributed by atoms with van der Waals surface area (Å²) in [5.74, 6) is -1.09. The minimum absolute atomic E-state index is 0.0613. The van der Waals surface area contributed by atoms with Gasteiger partial charge < -0.3 is 0 Å². The fourth-order valence-electron chi connectivity index (χ4n) is 2.86. The van der Waals surface area contributed by atoms with E-state index in [9.17, 15) is 17.6 Å². The fraction of sp³-hybridized carbons (Fsp3) is 0.130. The van der Waals surface area contributed by atoms with E-state index in [4.69, 9.17) is 11.6 Å². The van der Waals surface area contributed by atoms with Gasteiger partial charge in [0.2, 0.25) is 10.0 Å². The van der Waals surface area contributed by atoms with Crippen LogP contribution in [0, 0.1) is 12.7 Å². The lowest BCUT2D eigenvalue weighted by Crippen LogP contribution is -2.39. The highest BCUT2D eigenvalue weighted by Gasteiger charge is 2.27. The number of carbonyl (C=O) groups excluding carboxylic acids is 1. The van der Waals surface area contributed by atoms with Crippen LogP contribution in [0.1, 0.15) is 16.7 Å². The molecule has 0 atom stereocenters. The first-order valence-corrected chi connectivity index (χ1v) is 11.5. The number of hydrazone groups is 1. The molecule has 6 nitrogen and oxygen atoms in total. The van der Waals surface area contributed by atoms with E-state index >= 15 is 0 Å². The molecule has 3 aromatic rings. The molecule has 0 fully saturated rings. The number of hydrogen-bond acceptors (Lipinski definition) is 4. The van der Waals surface area contributed by atoms with Gasteiger partial charge in [0.1, 0.15) is 5.82 Å². The van der Waals surface area contributed by atoms with Crippen molar-refractivity contribution in [2.75, 3.05) is 6.54 Å². The number of sulfonamides is 1. The van der Waals surface area contributed by atoms with Crippen LogP contribution in [0.15, 0.2) is 82.8 Å². The molecule has 1 N–H and O–H groups in total. The van der Waals surface area contributed by atoms with Crippen molar-refractivity contribution in [3.63, 3.8) is 0 Å². The van der Waals surface area contributed by atoms with Gasteiger partial charge in [-0.25, -0.2) is 18.2 Å². The smallest absolute Gasteiger partial charge is 0.255 e. The zero-order valence-corrected chi connectivity index (χ0v) is 18.8. The molecule has 9 heteroatoms. The third-order valence-corrected chi connectivity index (χ3v) is 6.71. The molecule has 0 spiro atoms. The lowest BCUT2D eigenvalue weighted by molar-refractivity contribution is -0.121. The lowest BCUT2D eigenvalue weighted by Gasteiger charge is -2.22. The summed E-state index contributed by atoms with van der Waals surface area (Å²) in [6.07, 6.45) is 1.27. The summed E-state index contributed by atoms with van der Waals surface area (Å²) in [6, 6.07) is 18.8. The monoisotopic (exact) mass is 473 g/mol. The number of carbonyl (C=O) groups is 1. The van der Waals surface area contributed by atoms with Crippen molar-refractivity contribution in [3.8, 4) is 0 Å². The highest BCUT2D eigenvalue weighted by Crippen LogP contribution is 2.22. The Morgan fingerprint density at radius 1 is 1.09 bits per heavy atom. The number of benzene rings is 3. The third kappa shape index (κ3) is 6.23. The predicted octanol–water partition coefficient (Wildman–Crippen LogP) is 4.13. The topological polar surface area (TPSA) is 78.8 Å². The van der Waals surface area contributed by atoms with Crippen LogP contribution < -0.4 is 5.43 Å². The van der Waals surface area contributed by atoms with Gasteiger partial charge in [-0.05, 0) is 48.4 Å². The van der Waals surface area contributed by atoms with Crippen LogP contribution in [0.3, 0.4) is 0 Å². The summed E-state index contributed by atoms with van der Waals surface area (Å²) in [4.78, 5) is 12.5. The zero-order valence-electron chi connectivity index (χ0n) is 17.2. The molecule has 0 radical (unpaired) electrons. The quantitative estimate of drug-likeness (QED) is 0.394. The molecule has 0 heterocycles. The number of halogens is 2. The largest absolute Gasteiger partial charge is 0.272 e. The second-order valence-electron chi connectivity index (χ2n) is 7.03. The molecule has 3 rings (SSSR count). The molecule has 0 saturated heterocycles. The molecule has 0 aliphatic carbocycles. The molecule has 0 aliphatic rings. The SMILES string of the molecule is Cc1ccc(S(=O)(=O)N(CC(=O)N/N=C\c2cccc(F)c2)Cc2ccccc2Cl)cc1. The average molecular weight is 474 g/mol. The third-order valence-electron chi connectivity index (χ3n) is 4.53. The lowest BCUT2D eigenvalue weighted by atomic mass is 10.2. The molecule has 0 unspecified atom stereocenters. The van der Waals surface area contributed by atoms with E-state index in [1.165, 1.54) is 36.5 Å². The Morgan fingerprint density at radius 3 is 2.50 bits per heavy atom. The molecule has 1 amide bonds. The summed E-state index contributed by atoms with van der Waals surface area (Å²) in [5, 5.41) is 4.18. The van der Waals surface area contributed by atoms with Gasteiger partial charge in [0, 0.05) is 11.6 Å². The molecular formula is C23H21ClFN3O3S. The number of aryl methyl sites for hydroxylation is 1. The predicted molar refractivity (Wildman–Crippen MR) is 122 cm³/mol. The van der Waals surface area contributed by atoms with Crippen molar-refractivity contribution >= 4 is 33.7 Å². The molecular weight excluding hydrogens is 453 g/mol. The summed E-state index contributed by atoms with van der Waals surface area (Å²) < 4.78 is 40.8. The molecule has 3 aromatic carbocycles. The summed E-state index contributed by atoms with van der Waals surface area (Å²) >= 11 is 6.21. The number of nitrogens with zero attached hydrogens (tertiary/aromatic N) is 2. The number of rotatable bonds is 8. The Kier molecular flexibility index (Phi) is 7.74. The molecule has 0 bridgehead atoms. The van der Waals surface area contributed by atoms with E-state index in [0.717, 1.165) is 9.87 Å². The zero-order chi connectivity index (χ0) is 23.1. The van der Waals surface area contributed by atoms with Crippen LogP contribution >= 0.6 is 11.6 Å². The second-order valence-corrected chi connectivity index (χ2v) is 9.37. The van der Waals surface area contributed by atoms with Gasteiger partial charge in [0.25, 0.3) is 5.91 Å². The fourth-order valence-corrected chi connectivity index (χ4v) is 4.43. The number of hydrogen-bond donors (Lipinski definition) is 1. The van der Waals surface area contributed by atoms with E-state index < -0.39 is 28.3 Å². The minimum atomic E-state index is -4.00. The van der Waals surface area contributed by atoms with Gasteiger partial charge in [-0.3, -0.25) is 4.79 Å². The van der Waals surface area contributed by atoms with Gasteiger partial charge in [-0.1, -0.05) is 59.6 Å². The molecule has 0 aliphatic heterocycles. The first-order chi connectivity index (χ1) is 15.3. The first-order valence-electron chi connectivity index (χ1n) is 9.63. The van der Waals surface area contributed by atoms with Crippen molar-refractivity contribution in [1.82, 2.24) is 9.73 Å². The van der Waals surface area contributed by atoms with Gasteiger partial charge >= 0.3 is 0 Å². The Morgan fingerprint density at radius 2 is 1.81 bits per heavy atom. The van der Waals surface area contributed by atoms with Gasteiger partial charge in [-0.2, -0.15) is 9.41 Å². The van der Waals surface area contributed by atoms with E-state index in [1.54, 1.807) is 42.5 Å². The van der Waals surface area contributed by atoms with Crippen molar-refractivity contribution in [3.05, 3.63) is 100 Å². The summed E-state index contributed by atoms with van der Waals surface area (Å²) in [6.45, 7) is 1.26. The van der Waals surface area contributed by atoms with Crippen LogP contribution in [0.5, 0.6) is 0 Å². The van der Waals surface area contributed by atoms with Crippen molar-refractivity contribution in [2.24, 2.45) is 5.10 Å². The van der Waals surface area contributed by atoms with E-state index in [2.05, 4.69) is 10.5 Å². The van der Waals surface area contributed by atoms with Gasteiger partial charge in [-0.15, -0.1) is 0 Å². The maximum Gasteiger partial charge on any atom is 0.255 e. The standard InChI is InChI=1S/C23H21ClFN3O3S/c1-17-9-11-21(12-10-17)32(30,31)28(15-19-6-2-3-8-22(19)24)16-23(29)27-26-14-18-5-4-7-20(25)13-18/h2-14H,15-16H2,1H3,(H,27,29)/b26-14-. The van der Waals surface area contributed by atoms with Crippen LogP contribution in [-0.4, -0.2) is 31.4 Å². The second kappa shape index (κ2) is 10.5. The van der Waals surface area contributed by atoms with Crippen molar-refractivity contribution in [2.45, 2.75) is 18.4 Å². The first kappa shape index (κ1) is 23.6. The van der Waals surface area contributed by atoms with E-state index in [0.29, 0.717) is 16.1 Å². The van der Waals surface area contributed by atoms with Crippen LogP contribution in [0.4, 0.5) is 4.39 Å². The normalized spacial score (nSPS) is 11.8. The Labute approximate surface area is 191 Å². The maximum atomic E-state index is 13.3. The van der Waals surface area contributed by atoms with Crippen molar-refractivity contribution in [1.29, 1.82) is 0 Å². The minimum Gasteiger partial charge on any atom is -0.272 e. The summed E-state index contributed by atoms with van der Waals surface area (Å²) in [7, 11) is -4.00. The van der Waals surface area contributed by atoms with Crippen molar-refractivity contribution < 1.29 is 17.6 Å². The Balaban J connectivity index is 1.81. The highest BCUT2D eigenvalue weighted by atomic mass is 35.5. The van der Waals surface area contributed by atoms with E-state index in [-0.39, 0.29) is 11.4 Å². The molecule has 32 heavy (non-hydrogen) atoms. The number of nitrogens with one attached hydrogen (secondary N) is 1. The van der Waals surface area contributed by atoms with Gasteiger partial charge in [0.15, 0.2) is 0 Å². The summed E-state index contributed by atoms with van der Waals surface area (Å²) in [5.41, 5.74) is 4.20. The van der Waals surface area contributed by atoms with E-state index in [1.807, 2.05) is 6.92 Å². The Hall–Kier alpha value is -3.07. The van der Waals surface area contributed by atoms with Crippen LogP contribution in [0.25, 0.3) is 0 Å². The van der Waals surface area contributed by atoms with Crippen LogP contribution in [-0.2, 0) is 21.4 Å². The molecule has 166 valence electrons.